The summed E-state index contributed by atoms with van der Waals surface area (Å²) in [5.74, 6) is -2.10. The Labute approximate surface area is 102 Å². The number of urea groups is 1. The van der Waals surface area contributed by atoms with Gasteiger partial charge in [0.15, 0.2) is 6.04 Å². The molecule has 1 saturated heterocycles. The number of nitrogens with one attached hydrogen (secondary N) is 1. The van der Waals surface area contributed by atoms with Crippen LogP contribution in [0.4, 0.5) is 4.79 Å². The van der Waals surface area contributed by atoms with Crippen molar-refractivity contribution in [3.05, 3.63) is 0 Å². The van der Waals surface area contributed by atoms with Crippen molar-refractivity contribution in [2.45, 2.75) is 12.1 Å². The molecule has 0 aromatic carbocycles. The molecule has 0 bridgehead atoms. The van der Waals surface area contributed by atoms with E-state index in [0.717, 1.165) is 4.90 Å². The molecule has 1 fully saturated rings. The number of carbonyl (C=O) groups excluding carboxylic acids is 2. The number of aliphatic hydroxyl groups excluding tert-OH is 1. The van der Waals surface area contributed by atoms with Crippen molar-refractivity contribution < 1.29 is 29.3 Å². The minimum absolute atomic E-state index is 0.0282. The van der Waals surface area contributed by atoms with Crippen LogP contribution in [0, 0.1) is 0 Å². The van der Waals surface area contributed by atoms with Gasteiger partial charge in [-0.05, 0) is 0 Å². The fourth-order valence-electron chi connectivity index (χ4n) is 1.50. The molecule has 1 unspecified atom stereocenters. The van der Waals surface area contributed by atoms with E-state index in [9.17, 15) is 14.4 Å². The van der Waals surface area contributed by atoms with Crippen molar-refractivity contribution in [3.63, 3.8) is 0 Å². The fourth-order valence-corrected chi connectivity index (χ4v) is 1.50. The molecular formula is C9H15N3O6. The number of aliphatic hydroxyl groups is 1. The number of carboxylic acid groups (broad SMARTS) is 1. The van der Waals surface area contributed by atoms with E-state index in [1.165, 1.54) is 0 Å². The predicted molar refractivity (Wildman–Crippen MR) is 57.5 cm³/mol. The largest absolute Gasteiger partial charge is 0.480 e. The van der Waals surface area contributed by atoms with Gasteiger partial charge in [0, 0.05) is 6.54 Å². The predicted octanol–water partition coefficient (Wildman–Crippen LogP) is -2.67. The summed E-state index contributed by atoms with van der Waals surface area (Å²) in [4.78, 5) is 34.6. The number of rotatable bonds is 4. The van der Waals surface area contributed by atoms with Crippen LogP contribution in [0.2, 0.25) is 0 Å². The second-order valence-corrected chi connectivity index (χ2v) is 3.71. The molecule has 2 atom stereocenters. The van der Waals surface area contributed by atoms with Crippen molar-refractivity contribution >= 4 is 17.9 Å². The van der Waals surface area contributed by atoms with Crippen molar-refractivity contribution in [1.82, 2.24) is 10.2 Å². The number of carboxylic acids is 1. The zero-order chi connectivity index (χ0) is 13.7. The highest BCUT2D eigenvalue weighted by atomic mass is 16.5. The van der Waals surface area contributed by atoms with E-state index in [0.29, 0.717) is 0 Å². The van der Waals surface area contributed by atoms with E-state index in [1.807, 2.05) is 0 Å². The molecule has 0 aliphatic carbocycles. The van der Waals surface area contributed by atoms with E-state index in [4.69, 9.17) is 20.7 Å². The summed E-state index contributed by atoms with van der Waals surface area (Å²) in [7, 11) is 0. The monoisotopic (exact) mass is 261 g/mol. The van der Waals surface area contributed by atoms with Gasteiger partial charge in [0.05, 0.1) is 19.8 Å². The van der Waals surface area contributed by atoms with Crippen molar-refractivity contribution in [2.75, 3.05) is 26.4 Å². The average Bonchev–Trinajstić information content (AvgIpc) is 2.35. The highest BCUT2D eigenvalue weighted by Crippen LogP contribution is 2.07. The molecule has 9 heteroatoms. The second kappa shape index (κ2) is 6.17. The third kappa shape index (κ3) is 3.31. The zero-order valence-electron chi connectivity index (χ0n) is 9.54. The van der Waals surface area contributed by atoms with Gasteiger partial charge in [0.2, 0.25) is 5.91 Å². The first-order chi connectivity index (χ1) is 8.47. The highest BCUT2D eigenvalue weighted by Gasteiger charge is 2.33. The van der Waals surface area contributed by atoms with Crippen molar-refractivity contribution in [3.8, 4) is 0 Å². The number of carbonyl (C=O) groups is 3. The number of hydrogen-bond acceptors (Lipinski definition) is 5. The summed E-state index contributed by atoms with van der Waals surface area (Å²) in [6.07, 6.45) is 0. The topological polar surface area (TPSA) is 142 Å². The van der Waals surface area contributed by atoms with Gasteiger partial charge in [0.1, 0.15) is 6.04 Å². The lowest BCUT2D eigenvalue weighted by Crippen LogP contribution is -2.59. The molecule has 1 rings (SSSR count). The third-order valence-corrected chi connectivity index (χ3v) is 2.50. The molecule has 0 spiro atoms. The molecule has 102 valence electrons. The molecule has 1 aliphatic rings. The Morgan fingerprint density at radius 1 is 1.50 bits per heavy atom. The molecule has 9 nitrogen and oxygen atoms in total. The SMILES string of the molecule is NC(=O)C1COCCN1C(=O)N[C@@H](CO)C(=O)O. The standard InChI is InChI=1S/C9H15N3O6/c10-7(14)6-4-18-2-1-12(6)9(17)11-5(3-13)8(15)16/h5-6,13H,1-4H2,(H2,10,14)(H,11,17)(H,15,16)/t5-,6?/m0/s1. The van der Waals surface area contributed by atoms with Gasteiger partial charge < -0.3 is 30.9 Å². The van der Waals surface area contributed by atoms with Crippen LogP contribution >= 0.6 is 0 Å². The Morgan fingerprint density at radius 3 is 2.67 bits per heavy atom. The Kier molecular flexibility index (Phi) is 4.86. The Bertz CT molecular complexity index is 347. The highest BCUT2D eigenvalue weighted by molar-refractivity contribution is 5.88. The Morgan fingerprint density at radius 2 is 2.17 bits per heavy atom. The molecule has 0 saturated carbocycles. The van der Waals surface area contributed by atoms with Gasteiger partial charge in [-0.3, -0.25) is 4.79 Å². The van der Waals surface area contributed by atoms with Crippen LogP contribution in [0.25, 0.3) is 0 Å². The summed E-state index contributed by atoms with van der Waals surface area (Å²) in [5, 5.41) is 19.6. The van der Waals surface area contributed by atoms with Crippen LogP contribution in [0.5, 0.6) is 0 Å². The van der Waals surface area contributed by atoms with Crippen LogP contribution in [-0.2, 0) is 14.3 Å². The van der Waals surface area contributed by atoms with Gasteiger partial charge >= 0.3 is 12.0 Å². The van der Waals surface area contributed by atoms with Gasteiger partial charge in [-0.25, -0.2) is 9.59 Å². The van der Waals surface area contributed by atoms with Crippen molar-refractivity contribution in [1.29, 1.82) is 0 Å². The first-order valence-electron chi connectivity index (χ1n) is 5.25. The van der Waals surface area contributed by atoms with Crippen LogP contribution in [0.3, 0.4) is 0 Å². The number of morpholine rings is 1. The molecule has 1 aliphatic heterocycles. The Hall–Kier alpha value is -1.87. The molecule has 0 aromatic rings. The van der Waals surface area contributed by atoms with Crippen LogP contribution in [0.15, 0.2) is 0 Å². The first kappa shape index (κ1) is 14.2. The molecule has 0 radical (unpaired) electrons. The molecule has 18 heavy (non-hydrogen) atoms. The molecular weight excluding hydrogens is 246 g/mol. The van der Waals surface area contributed by atoms with Crippen molar-refractivity contribution in [2.24, 2.45) is 5.73 Å². The summed E-state index contributed by atoms with van der Waals surface area (Å²) < 4.78 is 5.01. The minimum atomic E-state index is -1.42. The van der Waals surface area contributed by atoms with Crippen LogP contribution < -0.4 is 11.1 Å². The molecule has 5 N–H and O–H groups in total. The minimum Gasteiger partial charge on any atom is -0.480 e. The summed E-state index contributed by atoms with van der Waals surface area (Å²) in [6.45, 7) is -0.419. The summed E-state index contributed by atoms with van der Waals surface area (Å²) in [5.41, 5.74) is 5.11. The lowest BCUT2D eigenvalue weighted by Gasteiger charge is -2.34. The summed E-state index contributed by atoms with van der Waals surface area (Å²) in [6, 6.07) is -3.13. The maximum Gasteiger partial charge on any atom is 0.328 e. The lowest BCUT2D eigenvalue weighted by molar-refractivity contribution is -0.140. The number of amides is 3. The normalized spacial score (nSPS) is 21.2. The van der Waals surface area contributed by atoms with Crippen LogP contribution in [0.1, 0.15) is 0 Å². The summed E-state index contributed by atoms with van der Waals surface area (Å²) >= 11 is 0. The van der Waals surface area contributed by atoms with E-state index < -0.39 is 36.6 Å². The average molecular weight is 261 g/mol. The quantitative estimate of drug-likeness (QED) is 0.434. The number of hydrogen-bond donors (Lipinski definition) is 4. The number of nitrogens with two attached hydrogens (primary N) is 1. The number of nitrogens with zero attached hydrogens (tertiary/aromatic N) is 1. The first-order valence-corrected chi connectivity index (χ1v) is 5.25. The zero-order valence-corrected chi connectivity index (χ0v) is 9.54. The molecule has 3 amide bonds. The number of ether oxygens (including phenoxy) is 1. The van der Waals surface area contributed by atoms with Gasteiger partial charge in [-0.15, -0.1) is 0 Å². The maximum atomic E-state index is 11.8. The Balaban J connectivity index is 2.68. The van der Waals surface area contributed by atoms with Gasteiger partial charge in [0.25, 0.3) is 0 Å². The molecule has 1 heterocycles. The van der Waals surface area contributed by atoms with E-state index in [-0.39, 0.29) is 19.8 Å². The van der Waals surface area contributed by atoms with E-state index in [1.54, 1.807) is 0 Å². The maximum absolute atomic E-state index is 11.8. The van der Waals surface area contributed by atoms with Gasteiger partial charge in [-0.2, -0.15) is 0 Å². The van der Waals surface area contributed by atoms with E-state index >= 15 is 0 Å². The molecule has 0 aromatic heterocycles. The van der Waals surface area contributed by atoms with E-state index in [2.05, 4.69) is 5.32 Å². The third-order valence-electron chi connectivity index (χ3n) is 2.50. The smallest absolute Gasteiger partial charge is 0.328 e. The lowest BCUT2D eigenvalue weighted by atomic mass is 10.2. The van der Waals surface area contributed by atoms with Crippen LogP contribution in [-0.4, -0.2) is 71.5 Å². The number of aliphatic carboxylic acids is 1. The number of primary amides is 1. The fraction of sp³-hybridized carbons (Fsp3) is 0.667. The van der Waals surface area contributed by atoms with Gasteiger partial charge in [-0.1, -0.05) is 0 Å². The second-order valence-electron chi connectivity index (χ2n) is 3.71.